The molecular formula is C26H39N5O4. The molecule has 35 heavy (non-hydrogen) atoms. The highest BCUT2D eigenvalue weighted by Gasteiger charge is 2.48. The Morgan fingerprint density at radius 1 is 1.20 bits per heavy atom. The number of nitrogens with two attached hydrogens (primary N) is 1. The van der Waals surface area contributed by atoms with Crippen molar-refractivity contribution in [2.75, 3.05) is 38.6 Å². The van der Waals surface area contributed by atoms with Gasteiger partial charge in [0.2, 0.25) is 0 Å². The van der Waals surface area contributed by atoms with Crippen molar-refractivity contribution >= 4 is 23.2 Å². The van der Waals surface area contributed by atoms with Crippen LogP contribution in [0.15, 0.2) is 24.7 Å². The molecule has 0 atom stereocenters. The molecule has 1 spiro atoms. The fraction of sp³-hybridized carbons (Fsp3) is 0.654. The highest BCUT2D eigenvalue weighted by molar-refractivity contribution is 6.00. The average Bonchev–Trinajstić information content (AvgIpc) is 3.17. The molecule has 9 heteroatoms. The summed E-state index contributed by atoms with van der Waals surface area (Å²) >= 11 is 0. The Hall–Kier alpha value is -2.81. The first kappa shape index (κ1) is 25.3. The number of allylic oxidation sites excluding steroid dienone is 2. The maximum atomic E-state index is 13.4. The van der Waals surface area contributed by atoms with Gasteiger partial charge in [-0.25, -0.2) is 4.68 Å². The number of nitrogens with zero attached hydrogens (tertiary/aromatic N) is 4. The molecule has 3 fully saturated rings. The van der Waals surface area contributed by atoms with Gasteiger partial charge in [0.05, 0.1) is 11.9 Å². The molecule has 0 aromatic carbocycles. The lowest BCUT2D eigenvalue weighted by atomic mass is 9.77. The van der Waals surface area contributed by atoms with Gasteiger partial charge in [0, 0.05) is 50.4 Å². The number of hydrogen-bond donors (Lipinski definition) is 1. The molecule has 1 aromatic rings. The van der Waals surface area contributed by atoms with Crippen LogP contribution in [0.3, 0.4) is 0 Å². The van der Waals surface area contributed by atoms with Crippen LogP contribution < -0.4 is 5.73 Å². The summed E-state index contributed by atoms with van der Waals surface area (Å²) in [5, 5.41) is 4.49. The summed E-state index contributed by atoms with van der Waals surface area (Å²) in [5.74, 6) is 0.869. The van der Waals surface area contributed by atoms with Crippen molar-refractivity contribution in [2.45, 2.75) is 70.9 Å². The third kappa shape index (κ3) is 5.24. The highest BCUT2D eigenvalue weighted by Crippen LogP contribution is 2.41. The summed E-state index contributed by atoms with van der Waals surface area (Å²) in [6.45, 7) is 15.2. The maximum Gasteiger partial charge on any atom is 0.259 e. The van der Waals surface area contributed by atoms with Gasteiger partial charge in [0.15, 0.2) is 11.7 Å². The molecular weight excluding hydrogens is 446 g/mol. The predicted molar refractivity (Wildman–Crippen MR) is 134 cm³/mol. The van der Waals surface area contributed by atoms with E-state index in [1.807, 2.05) is 25.7 Å². The van der Waals surface area contributed by atoms with E-state index in [9.17, 15) is 9.59 Å². The molecule has 0 saturated carbocycles. The molecule has 0 bridgehead atoms. The fourth-order valence-corrected chi connectivity index (χ4v) is 5.40. The van der Waals surface area contributed by atoms with Gasteiger partial charge in [-0.3, -0.25) is 9.59 Å². The summed E-state index contributed by atoms with van der Waals surface area (Å²) in [5.41, 5.74) is 7.21. The van der Waals surface area contributed by atoms with E-state index in [4.69, 9.17) is 15.2 Å². The predicted octanol–water partition coefficient (Wildman–Crippen LogP) is 3.29. The lowest BCUT2D eigenvalue weighted by Crippen LogP contribution is -2.64. The van der Waals surface area contributed by atoms with Gasteiger partial charge < -0.3 is 25.0 Å². The van der Waals surface area contributed by atoms with Gasteiger partial charge in [-0.15, -0.1) is 0 Å². The molecule has 4 heterocycles. The van der Waals surface area contributed by atoms with Crippen LogP contribution in [-0.2, 0) is 14.3 Å². The van der Waals surface area contributed by atoms with E-state index in [2.05, 4.69) is 16.6 Å². The van der Waals surface area contributed by atoms with Crippen molar-refractivity contribution in [2.24, 2.45) is 5.92 Å². The number of aromatic nitrogens is 2. The van der Waals surface area contributed by atoms with E-state index in [-0.39, 0.29) is 28.7 Å². The number of carbonyl (C=O) groups excluding carboxylic acids is 2. The molecule has 1 aromatic heterocycles. The highest BCUT2D eigenvalue weighted by atomic mass is 16.5. The minimum Gasteiger partial charge on any atom is -0.474 e. The first-order valence-corrected chi connectivity index (χ1v) is 12.6. The summed E-state index contributed by atoms with van der Waals surface area (Å²) in [6, 6.07) is 0. The number of ketones is 1. The first-order chi connectivity index (χ1) is 16.5. The van der Waals surface area contributed by atoms with E-state index in [1.165, 1.54) is 6.92 Å². The van der Waals surface area contributed by atoms with Gasteiger partial charge in [-0.05, 0) is 66.4 Å². The van der Waals surface area contributed by atoms with Crippen molar-refractivity contribution < 1.29 is 19.1 Å². The minimum atomic E-state index is -0.306. The van der Waals surface area contributed by atoms with Crippen molar-refractivity contribution in [1.82, 2.24) is 19.6 Å². The van der Waals surface area contributed by atoms with E-state index in [0.717, 1.165) is 57.4 Å². The van der Waals surface area contributed by atoms with Gasteiger partial charge in [-0.1, -0.05) is 0 Å². The maximum absolute atomic E-state index is 13.4. The zero-order valence-electron chi connectivity index (χ0n) is 21.5. The summed E-state index contributed by atoms with van der Waals surface area (Å²) in [6.07, 6.45) is 7.44. The van der Waals surface area contributed by atoms with Gasteiger partial charge >= 0.3 is 0 Å². The Morgan fingerprint density at radius 3 is 2.40 bits per heavy atom. The Labute approximate surface area is 207 Å². The van der Waals surface area contributed by atoms with Crippen LogP contribution in [0, 0.1) is 5.92 Å². The normalized spacial score (nSPS) is 21.1. The van der Waals surface area contributed by atoms with Crippen molar-refractivity contribution in [3.8, 4) is 0 Å². The van der Waals surface area contributed by atoms with Gasteiger partial charge in [0.1, 0.15) is 17.0 Å². The second kappa shape index (κ2) is 9.68. The molecule has 192 valence electrons. The summed E-state index contributed by atoms with van der Waals surface area (Å²) in [7, 11) is 0. The van der Waals surface area contributed by atoms with Crippen LogP contribution >= 0.6 is 0 Å². The molecule has 3 saturated heterocycles. The van der Waals surface area contributed by atoms with Crippen LogP contribution in [0.2, 0.25) is 0 Å². The van der Waals surface area contributed by atoms with E-state index in [0.29, 0.717) is 30.5 Å². The largest absolute Gasteiger partial charge is 0.474 e. The number of likely N-dealkylation sites (tertiary alicyclic amines) is 2. The fourth-order valence-electron chi connectivity index (χ4n) is 5.40. The third-order valence-corrected chi connectivity index (χ3v) is 7.36. The number of ether oxygens (including phenoxy) is 2. The summed E-state index contributed by atoms with van der Waals surface area (Å²) < 4.78 is 13.0. The third-order valence-electron chi connectivity index (χ3n) is 7.36. The smallest absolute Gasteiger partial charge is 0.259 e. The number of nitrogen functional groups attached to an aromatic ring is 1. The van der Waals surface area contributed by atoms with Crippen molar-refractivity contribution in [3.63, 3.8) is 0 Å². The number of anilines is 1. The molecule has 3 aliphatic heterocycles. The van der Waals surface area contributed by atoms with Crippen LogP contribution in [0.4, 0.5) is 5.82 Å². The molecule has 0 unspecified atom stereocenters. The average molecular weight is 486 g/mol. The van der Waals surface area contributed by atoms with Crippen LogP contribution in [0.25, 0.3) is 5.70 Å². The molecule has 0 aliphatic carbocycles. The number of carbonyl (C=O) groups is 2. The minimum absolute atomic E-state index is 0.0745. The van der Waals surface area contributed by atoms with E-state index < -0.39 is 0 Å². The topological polar surface area (TPSA) is 103 Å². The molecule has 3 aliphatic rings. The van der Waals surface area contributed by atoms with Crippen LogP contribution in [-0.4, -0.2) is 75.3 Å². The Kier molecular flexibility index (Phi) is 6.99. The number of hydrogen-bond acceptors (Lipinski definition) is 7. The zero-order chi connectivity index (χ0) is 25.4. The first-order valence-electron chi connectivity index (χ1n) is 12.6. The van der Waals surface area contributed by atoms with E-state index >= 15 is 0 Å². The van der Waals surface area contributed by atoms with Crippen LogP contribution in [0.1, 0.15) is 70.2 Å². The molecule has 4 rings (SSSR count). The molecule has 0 radical (unpaired) electrons. The Morgan fingerprint density at radius 2 is 1.86 bits per heavy atom. The number of piperidine rings is 1. The lowest BCUT2D eigenvalue weighted by Gasteiger charge is -2.54. The second-order valence-electron chi connectivity index (χ2n) is 10.9. The molecule has 1 amide bonds. The standard InChI is InChI=1S/C26H39N5O4/c1-18(32)16-22(20-6-11-29(12-7-20)19(2)35-25(3,4)5)31-23(27)21(17-28-31)24(33)30-13-8-26(30)9-14-34-15-10-26/h16-17,20H,2,6-15,27H2,1,3-5H3/b22-16-. The van der Waals surface area contributed by atoms with Crippen molar-refractivity contribution in [1.29, 1.82) is 0 Å². The summed E-state index contributed by atoms with van der Waals surface area (Å²) in [4.78, 5) is 29.6. The zero-order valence-corrected chi connectivity index (χ0v) is 21.5. The molecule has 9 nitrogen and oxygen atoms in total. The quantitative estimate of drug-likeness (QED) is 0.487. The van der Waals surface area contributed by atoms with Crippen LogP contribution in [0.5, 0.6) is 0 Å². The number of rotatable bonds is 6. The van der Waals surface area contributed by atoms with Gasteiger partial charge in [0.25, 0.3) is 5.91 Å². The second-order valence-corrected chi connectivity index (χ2v) is 10.9. The number of amides is 1. The van der Waals surface area contributed by atoms with Crippen molar-refractivity contribution in [3.05, 3.63) is 30.3 Å². The monoisotopic (exact) mass is 485 g/mol. The molecule has 2 N–H and O–H groups in total. The Balaban J connectivity index is 1.50. The van der Waals surface area contributed by atoms with E-state index in [1.54, 1.807) is 17.0 Å². The SMILES string of the molecule is C=C(OC(C)(C)C)N1CCC(/C(=C/C(C)=O)n2ncc(C(=O)N3CCC34CCOCC4)c2N)CC1. The van der Waals surface area contributed by atoms with Gasteiger partial charge in [-0.2, -0.15) is 5.10 Å². The lowest BCUT2D eigenvalue weighted by molar-refractivity contribution is -0.112. The Bertz CT molecular complexity index is 1010.